The molecule has 1 aromatic heterocycles. The zero-order valence-electron chi connectivity index (χ0n) is 23.1. The van der Waals surface area contributed by atoms with Crippen LogP contribution in [0.3, 0.4) is 0 Å². The summed E-state index contributed by atoms with van der Waals surface area (Å²) in [6.45, 7) is 3.00. The number of carboxylic acids is 1. The molecule has 1 saturated heterocycles. The summed E-state index contributed by atoms with van der Waals surface area (Å²) in [5.74, 6) is -4.25. The van der Waals surface area contributed by atoms with Crippen LogP contribution < -0.4 is 15.5 Å². The van der Waals surface area contributed by atoms with Crippen LogP contribution >= 0.6 is 0 Å². The standard InChI is InChI=1S/C28H26FN5O3.C2HF3O2/c29-27-24(28(36)32-21-9-11-23(12-10-21)33-13-15-37-16-14-33)7-4-8-25(27)34-19-22(18-30-34)31-26(35)17-20-5-2-1-3-6-20;3-2(4,5)1(6)7/h1-12,18-19H,13-17H2,(H,31,35)(H,32,36);(H,6,7). The van der Waals surface area contributed by atoms with Gasteiger partial charge in [-0.2, -0.15) is 18.3 Å². The highest BCUT2D eigenvalue weighted by Gasteiger charge is 2.38. The molecule has 4 aromatic rings. The number of rotatable bonds is 7. The lowest BCUT2D eigenvalue weighted by molar-refractivity contribution is -0.192. The number of carbonyl (C=O) groups excluding carboxylic acids is 2. The monoisotopic (exact) mass is 613 g/mol. The number of aliphatic carboxylic acids is 1. The summed E-state index contributed by atoms with van der Waals surface area (Å²) in [5, 5.41) is 16.8. The number of nitrogens with zero attached hydrogens (tertiary/aromatic N) is 3. The van der Waals surface area contributed by atoms with Crippen molar-refractivity contribution >= 4 is 34.8 Å². The number of ether oxygens (including phenoxy) is 1. The van der Waals surface area contributed by atoms with E-state index in [4.69, 9.17) is 14.6 Å². The molecule has 10 nitrogen and oxygen atoms in total. The average Bonchev–Trinajstić information content (AvgIpc) is 3.46. The number of halogens is 4. The molecule has 14 heteroatoms. The van der Waals surface area contributed by atoms with Gasteiger partial charge in [0.1, 0.15) is 5.69 Å². The van der Waals surface area contributed by atoms with E-state index in [0.717, 1.165) is 24.3 Å². The van der Waals surface area contributed by atoms with E-state index in [2.05, 4.69) is 20.6 Å². The van der Waals surface area contributed by atoms with Gasteiger partial charge in [-0.15, -0.1) is 0 Å². The van der Waals surface area contributed by atoms with Crippen LogP contribution in [0.4, 0.5) is 34.6 Å². The smallest absolute Gasteiger partial charge is 0.475 e. The summed E-state index contributed by atoms with van der Waals surface area (Å²) >= 11 is 0. The van der Waals surface area contributed by atoms with Crippen LogP contribution in [-0.2, 0) is 20.7 Å². The number of amides is 2. The van der Waals surface area contributed by atoms with Crippen molar-refractivity contribution in [1.82, 2.24) is 9.78 Å². The number of hydrogen-bond acceptors (Lipinski definition) is 6. The van der Waals surface area contributed by atoms with Crippen LogP contribution in [0, 0.1) is 5.82 Å². The largest absolute Gasteiger partial charge is 0.490 e. The molecule has 44 heavy (non-hydrogen) atoms. The van der Waals surface area contributed by atoms with E-state index in [1.807, 2.05) is 42.5 Å². The molecular formula is C30H27F4N5O5. The molecule has 0 unspecified atom stereocenters. The lowest BCUT2D eigenvalue weighted by Gasteiger charge is -2.28. The molecular weight excluding hydrogens is 586 g/mol. The van der Waals surface area contributed by atoms with Gasteiger partial charge in [-0.25, -0.2) is 13.9 Å². The van der Waals surface area contributed by atoms with Crippen molar-refractivity contribution in [2.45, 2.75) is 12.6 Å². The fourth-order valence-electron chi connectivity index (χ4n) is 4.15. The summed E-state index contributed by atoms with van der Waals surface area (Å²) in [6, 6.07) is 21.3. The lowest BCUT2D eigenvalue weighted by atomic mass is 10.1. The summed E-state index contributed by atoms with van der Waals surface area (Å²) in [4.78, 5) is 36.3. The van der Waals surface area contributed by atoms with Crippen LogP contribution in [0.25, 0.3) is 5.69 Å². The molecule has 0 bridgehead atoms. The van der Waals surface area contributed by atoms with Gasteiger partial charge in [0.2, 0.25) is 5.91 Å². The number of nitrogens with one attached hydrogen (secondary N) is 2. The second kappa shape index (κ2) is 14.3. The van der Waals surface area contributed by atoms with Gasteiger partial charge in [0.05, 0.1) is 43.3 Å². The number of benzene rings is 3. The quantitative estimate of drug-likeness (QED) is 0.253. The summed E-state index contributed by atoms with van der Waals surface area (Å²) in [6.07, 6.45) is -1.93. The van der Waals surface area contributed by atoms with E-state index in [9.17, 15) is 22.8 Å². The third-order valence-corrected chi connectivity index (χ3v) is 6.29. The van der Waals surface area contributed by atoms with E-state index < -0.39 is 23.9 Å². The van der Waals surface area contributed by atoms with Gasteiger partial charge in [-0.05, 0) is 42.0 Å². The molecule has 1 aliphatic rings. The zero-order valence-corrected chi connectivity index (χ0v) is 23.1. The first-order valence-electron chi connectivity index (χ1n) is 13.2. The number of carboxylic acid groups (broad SMARTS) is 1. The Morgan fingerprint density at radius 3 is 2.18 bits per heavy atom. The Balaban J connectivity index is 0.000000566. The molecule has 3 aromatic carbocycles. The van der Waals surface area contributed by atoms with Crippen molar-refractivity contribution in [3.8, 4) is 5.69 Å². The number of carbonyl (C=O) groups is 3. The Labute approximate surface area is 248 Å². The molecule has 1 fully saturated rings. The maximum Gasteiger partial charge on any atom is 0.490 e. The van der Waals surface area contributed by atoms with Crippen molar-refractivity contribution < 1.29 is 41.8 Å². The molecule has 0 saturated carbocycles. The third-order valence-electron chi connectivity index (χ3n) is 6.29. The Kier molecular flexibility index (Phi) is 10.3. The minimum absolute atomic E-state index is 0.0962. The average molecular weight is 614 g/mol. The molecule has 1 aliphatic heterocycles. The number of aromatic nitrogens is 2. The van der Waals surface area contributed by atoms with Gasteiger partial charge in [0.15, 0.2) is 5.82 Å². The molecule has 230 valence electrons. The van der Waals surface area contributed by atoms with Gasteiger partial charge < -0.3 is 25.4 Å². The second-order valence-electron chi connectivity index (χ2n) is 9.43. The van der Waals surface area contributed by atoms with E-state index >= 15 is 4.39 Å². The number of anilines is 3. The molecule has 0 aliphatic carbocycles. The highest BCUT2D eigenvalue weighted by molar-refractivity contribution is 6.05. The van der Waals surface area contributed by atoms with Crippen molar-refractivity contribution in [2.24, 2.45) is 0 Å². The highest BCUT2D eigenvalue weighted by atomic mass is 19.4. The van der Waals surface area contributed by atoms with Crippen LogP contribution in [0.5, 0.6) is 0 Å². The van der Waals surface area contributed by atoms with Crippen molar-refractivity contribution in [3.05, 3.63) is 102 Å². The van der Waals surface area contributed by atoms with Gasteiger partial charge in [0.25, 0.3) is 5.91 Å². The van der Waals surface area contributed by atoms with Gasteiger partial charge in [-0.3, -0.25) is 9.59 Å². The second-order valence-corrected chi connectivity index (χ2v) is 9.43. The highest BCUT2D eigenvalue weighted by Crippen LogP contribution is 2.22. The molecule has 0 radical (unpaired) electrons. The van der Waals surface area contributed by atoms with Crippen LogP contribution in [0.15, 0.2) is 85.2 Å². The first-order valence-corrected chi connectivity index (χ1v) is 13.2. The Morgan fingerprint density at radius 1 is 0.886 bits per heavy atom. The summed E-state index contributed by atoms with van der Waals surface area (Å²) < 4.78 is 53.8. The zero-order chi connectivity index (χ0) is 31.7. The maximum atomic E-state index is 15.4. The Morgan fingerprint density at radius 2 is 1.55 bits per heavy atom. The van der Waals surface area contributed by atoms with Gasteiger partial charge >= 0.3 is 12.1 Å². The van der Waals surface area contributed by atoms with Crippen LogP contribution in [0.1, 0.15) is 15.9 Å². The topological polar surface area (TPSA) is 126 Å². The predicted molar refractivity (Wildman–Crippen MR) is 153 cm³/mol. The first-order chi connectivity index (χ1) is 21.0. The Hall–Kier alpha value is -5.24. The van der Waals surface area contributed by atoms with Crippen LogP contribution in [0.2, 0.25) is 0 Å². The normalized spacial score (nSPS) is 13.0. The Bertz CT molecular complexity index is 1590. The SMILES string of the molecule is O=C(Cc1ccccc1)Nc1cnn(-c2cccc(C(=O)Nc3ccc(N4CCOCC4)cc3)c2F)c1.O=C(O)C(F)(F)F. The molecule has 2 heterocycles. The van der Waals surface area contributed by atoms with E-state index in [0.29, 0.717) is 24.6 Å². The maximum absolute atomic E-state index is 15.4. The molecule has 5 rings (SSSR count). The summed E-state index contributed by atoms with van der Waals surface area (Å²) in [5.41, 5.74) is 2.90. The third kappa shape index (κ3) is 8.64. The van der Waals surface area contributed by atoms with Crippen molar-refractivity contribution in [1.29, 1.82) is 0 Å². The summed E-state index contributed by atoms with van der Waals surface area (Å²) in [7, 11) is 0. The van der Waals surface area contributed by atoms with E-state index in [-0.39, 0.29) is 23.6 Å². The fourth-order valence-corrected chi connectivity index (χ4v) is 4.15. The minimum atomic E-state index is -5.08. The first kappa shape index (κ1) is 31.7. The molecule has 2 amide bonds. The molecule has 3 N–H and O–H groups in total. The van der Waals surface area contributed by atoms with Crippen LogP contribution in [-0.4, -0.2) is 65.2 Å². The number of morpholine rings is 1. The number of alkyl halides is 3. The fraction of sp³-hybridized carbons (Fsp3) is 0.200. The van der Waals surface area contributed by atoms with Gasteiger partial charge in [-0.1, -0.05) is 36.4 Å². The van der Waals surface area contributed by atoms with E-state index in [1.54, 1.807) is 18.2 Å². The molecule has 0 spiro atoms. The number of hydrogen-bond donors (Lipinski definition) is 3. The minimum Gasteiger partial charge on any atom is -0.475 e. The lowest BCUT2D eigenvalue weighted by Crippen LogP contribution is -2.36. The van der Waals surface area contributed by atoms with Gasteiger partial charge in [0, 0.05) is 24.5 Å². The molecule has 0 atom stereocenters. The predicted octanol–water partition coefficient (Wildman–Crippen LogP) is 4.91. The van der Waals surface area contributed by atoms with Crippen molar-refractivity contribution in [2.75, 3.05) is 41.8 Å². The van der Waals surface area contributed by atoms with E-state index in [1.165, 1.54) is 29.2 Å². The van der Waals surface area contributed by atoms with Crippen molar-refractivity contribution in [3.63, 3.8) is 0 Å².